The number of rotatable bonds is 2. The second kappa shape index (κ2) is 3.70. The van der Waals surface area contributed by atoms with E-state index in [1.54, 1.807) is 6.26 Å². The van der Waals surface area contributed by atoms with Crippen molar-refractivity contribution in [3.63, 3.8) is 0 Å². The van der Waals surface area contributed by atoms with Gasteiger partial charge in [-0.2, -0.15) is 0 Å². The Bertz CT molecular complexity index is 311. The summed E-state index contributed by atoms with van der Waals surface area (Å²) >= 11 is 3.38. The maximum absolute atomic E-state index is 10.6. The first-order chi connectivity index (χ1) is 6.33. The molecule has 0 aromatic carbocycles. The van der Waals surface area contributed by atoms with Crippen molar-refractivity contribution in [2.24, 2.45) is 5.41 Å². The van der Waals surface area contributed by atoms with E-state index in [4.69, 9.17) is 4.42 Å². The molecule has 1 unspecified atom stereocenters. The third kappa shape index (κ3) is 1.75. The summed E-state index contributed by atoms with van der Waals surface area (Å²) in [5.41, 5.74) is -1.17. The van der Waals surface area contributed by atoms with Gasteiger partial charge in [-0.1, -0.05) is 27.7 Å². The highest BCUT2D eigenvalue weighted by Gasteiger charge is 2.43. The zero-order valence-corrected chi connectivity index (χ0v) is 10.7. The zero-order chi connectivity index (χ0) is 11.0. The fraction of sp³-hybridized carbons (Fsp3) is 0.636. The lowest BCUT2D eigenvalue weighted by atomic mass is 9.73. The average Bonchev–Trinajstić information content (AvgIpc) is 2.48. The molecular formula is C11H17BrO2. The molecule has 0 saturated carbocycles. The Morgan fingerprint density at radius 1 is 1.43 bits per heavy atom. The fourth-order valence-corrected chi connectivity index (χ4v) is 2.15. The molecule has 0 amide bonds. The van der Waals surface area contributed by atoms with Crippen LogP contribution in [0.1, 0.15) is 39.9 Å². The van der Waals surface area contributed by atoms with Crippen LogP contribution in [0.2, 0.25) is 0 Å². The van der Waals surface area contributed by atoms with Gasteiger partial charge >= 0.3 is 0 Å². The van der Waals surface area contributed by atoms with Crippen molar-refractivity contribution in [2.45, 2.75) is 39.7 Å². The van der Waals surface area contributed by atoms with Crippen molar-refractivity contribution < 1.29 is 9.52 Å². The van der Waals surface area contributed by atoms with Crippen LogP contribution in [0.15, 0.2) is 21.2 Å². The smallest absolute Gasteiger partial charge is 0.149 e. The molecule has 1 rings (SSSR count). The molecule has 1 atom stereocenters. The summed E-state index contributed by atoms with van der Waals surface area (Å²) in [6.07, 6.45) is 2.22. The second-order valence-electron chi connectivity index (χ2n) is 4.56. The Balaban J connectivity index is 3.22. The number of halogens is 1. The van der Waals surface area contributed by atoms with E-state index in [9.17, 15) is 5.11 Å². The maximum Gasteiger partial charge on any atom is 0.149 e. The van der Waals surface area contributed by atoms with E-state index in [0.29, 0.717) is 12.2 Å². The summed E-state index contributed by atoms with van der Waals surface area (Å²) in [7, 11) is 0. The third-order valence-electron chi connectivity index (χ3n) is 2.75. The lowest BCUT2D eigenvalue weighted by Crippen LogP contribution is -2.39. The first-order valence-electron chi connectivity index (χ1n) is 4.79. The molecule has 3 heteroatoms. The summed E-state index contributed by atoms with van der Waals surface area (Å²) in [5.74, 6) is 0.618. The van der Waals surface area contributed by atoms with Crippen LogP contribution in [0.5, 0.6) is 0 Å². The van der Waals surface area contributed by atoms with Crippen LogP contribution < -0.4 is 0 Å². The quantitative estimate of drug-likeness (QED) is 0.880. The Labute approximate surface area is 93.4 Å². The Morgan fingerprint density at radius 2 is 2.00 bits per heavy atom. The molecule has 1 N–H and O–H groups in total. The van der Waals surface area contributed by atoms with E-state index in [1.807, 2.05) is 33.8 Å². The van der Waals surface area contributed by atoms with Crippen molar-refractivity contribution >= 4 is 15.9 Å². The normalized spacial score (nSPS) is 16.7. The molecule has 1 aromatic heterocycles. The average molecular weight is 261 g/mol. The van der Waals surface area contributed by atoms with Gasteiger partial charge in [0.15, 0.2) is 0 Å². The molecule has 2 nitrogen and oxygen atoms in total. The number of hydrogen-bond donors (Lipinski definition) is 1. The largest absolute Gasteiger partial charge is 0.465 e. The van der Waals surface area contributed by atoms with E-state index < -0.39 is 5.60 Å². The minimum absolute atomic E-state index is 0.248. The topological polar surface area (TPSA) is 33.4 Å². The van der Waals surface area contributed by atoms with Crippen LogP contribution in [-0.4, -0.2) is 5.11 Å². The van der Waals surface area contributed by atoms with Gasteiger partial charge in [0.05, 0.1) is 10.7 Å². The van der Waals surface area contributed by atoms with Gasteiger partial charge < -0.3 is 9.52 Å². The fourth-order valence-electron chi connectivity index (χ4n) is 1.62. The summed E-state index contributed by atoms with van der Waals surface area (Å²) in [6, 6.07) is 1.81. The third-order valence-corrected chi connectivity index (χ3v) is 3.37. The molecule has 0 aliphatic rings. The summed E-state index contributed by atoms with van der Waals surface area (Å²) in [4.78, 5) is 0. The number of furan rings is 1. The maximum atomic E-state index is 10.6. The van der Waals surface area contributed by atoms with E-state index in [1.165, 1.54) is 0 Å². The van der Waals surface area contributed by atoms with Gasteiger partial charge in [0.1, 0.15) is 11.4 Å². The van der Waals surface area contributed by atoms with Gasteiger partial charge in [0.25, 0.3) is 0 Å². The Hall–Kier alpha value is -0.280. The first-order valence-corrected chi connectivity index (χ1v) is 5.58. The van der Waals surface area contributed by atoms with Gasteiger partial charge in [-0.3, -0.25) is 0 Å². The monoisotopic (exact) mass is 260 g/mol. The van der Waals surface area contributed by atoms with Crippen molar-refractivity contribution in [3.05, 3.63) is 22.6 Å². The highest BCUT2D eigenvalue weighted by atomic mass is 79.9. The van der Waals surface area contributed by atoms with E-state index in [0.717, 1.165) is 4.47 Å². The second-order valence-corrected chi connectivity index (χ2v) is 5.42. The van der Waals surface area contributed by atoms with Crippen LogP contribution >= 0.6 is 15.9 Å². The molecule has 0 aliphatic carbocycles. The van der Waals surface area contributed by atoms with Crippen LogP contribution in [0, 0.1) is 5.41 Å². The summed E-state index contributed by atoms with van der Waals surface area (Å²) < 4.78 is 6.18. The van der Waals surface area contributed by atoms with Gasteiger partial charge in [-0.05, 0) is 33.8 Å². The first kappa shape index (κ1) is 11.8. The molecule has 0 fully saturated rings. The van der Waals surface area contributed by atoms with Crippen molar-refractivity contribution in [1.29, 1.82) is 0 Å². The van der Waals surface area contributed by atoms with Crippen molar-refractivity contribution in [3.8, 4) is 0 Å². The molecule has 0 aliphatic heterocycles. The molecule has 0 spiro atoms. The Morgan fingerprint density at radius 3 is 2.29 bits per heavy atom. The molecule has 14 heavy (non-hydrogen) atoms. The lowest BCUT2D eigenvalue weighted by Gasteiger charge is -2.38. The van der Waals surface area contributed by atoms with Crippen LogP contribution in [0.25, 0.3) is 0 Å². The summed E-state index contributed by atoms with van der Waals surface area (Å²) in [6.45, 7) is 7.97. The molecule has 0 radical (unpaired) electrons. The highest BCUT2D eigenvalue weighted by Crippen LogP contribution is 2.44. The minimum atomic E-state index is -0.921. The van der Waals surface area contributed by atoms with Crippen molar-refractivity contribution in [2.75, 3.05) is 0 Å². The van der Waals surface area contributed by atoms with Gasteiger partial charge in [-0.15, -0.1) is 0 Å². The molecule has 1 heterocycles. The van der Waals surface area contributed by atoms with Crippen LogP contribution in [0.4, 0.5) is 0 Å². The summed E-state index contributed by atoms with van der Waals surface area (Å²) in [5, 5.41) is 10.6. The van der Waals surface area contributed by atoms with Gasteiger partial charge in [0, 0.05) is 0 Å². The molecule has 80 valence electrons. The van der Waals surface area contributed by atoms with Gasteiger partial charge in [0.2, 0.25) is 0 Å². The molecule has 0 bridgehead atoms. The zero-order valence-electron chi connectivity index (χ0n) is 9.10. The Kier molecular flexibility index (Phi) is 3.12. The number of aliphatic hydroxyl groups is 1. The van der Waals surface area contributed by atoms with Crippen molar-refractivity contribution in [1.82, 2.24) is 0 Å². The van der Waals surface area contributed by atoms with Crippen LogP contribution in [0.3, 0.4) is 0 Å². The van der Waals surface area contributed by atoms with E-state index in [-0.39, 0.29) is 5.41 Å². The molecule has 0 saturated heterocycles. The predicted molar refractivity (Wildman–Crippen MR) is 60.1 cm³/mol. The minimum Gasteiger partial charge on any atom is -0.465 e. The SMILES string of the molecule is CCC(O)(c1occc1Br)C(C)(C)C. The van der Waals surface area contributed by atoms with E-state index in [2.05, 4.69) is 15.9 Å². The highest BCUT2D eigenvalue weighted by molar-refractivity contribution is 9.10. The standard InChI is InChI=1S/C11H17BrO2/c1-5-11(13,10(2,3)4)9-8(12)6-7-14-9/h6-7,13H,5H2,1-4H3. The molecule has 1 aromatic rings. The lowest BCUT2D eigenvalue weighted by molar-refractivity contribution is -0.0841. The number of hydrogen-bond acceptors (Lipinski definition) is 2. The van der Waals surface area contributed by atoms with E-state index >= 15 is 0 Å². The predicted octanol–water partition coefficient (Wildman–Crippen LogP) is 3.69. The van der Waals surface area contributed by atoms with Crippen LogP contribution in [-0.2, 0) is 5.60 Å². The molecular weight excluding hydrogens is 244 g/mol. The van der Waals surface area contributed by atoms with Gasteiger partial charge in [-0.25, -0.2) is 0 Å².